The average Bonchev–Trinajstić information content (AvgIpc) is 2.71. The molecule has 0 bridgehead atoms. The fourth-order valence-corrected chi connectivity index (χ4v) is 3.51. The van der Waals surface area contributed by atoms with Gasteiger partial charge in [-0.3, -0.25) is 0 Å². The second kappa shape index (κ2) is 5.43. The van der Waals surface area contributed by atoms with Crippen molar-refractivity contribution >= 4 is 6.03 Å². The summed E-state index contributed by atoms with van der Waals surface area (Å²) in [4.78, 5) is 17.1. The van der Waals surface area contributed by atoms with Crippen LogP contribution in [0.2, 0.25) is 0 Å². The van der Waals surface area contributed by atoms with Crippen molar-refractivity contribution in [3.05, 3.63) is 29.8 Å². The van der Waals surface area contributed by atoms with Crippen LogP contribution < -0.4 is 4.74 Å². The lowest BCUT2D eigenvalue weighted by Gasteiger charge is -2.43. The van der Waals surface area contributed by atoms with Gasteiger partial charge in [-0.2, -0.15) is 0 Å². The zero-order chi connectivity index (χ0) is 17.6. The van der Waals surface area contributed by atoms with Crippen molar-refractivity contribution in [2.45, 2.75) is 65.1 Å². The summed E-state index contributed by atoms with van der Waals surface area (Å²) in [5.74, 6) is 0.819. The quantitative estimate of drug-likeness (QED) is 0.817. The Morgan fingerprint density at radius 3 is 2.17 bits per heavy atom. The minimum absolute atomic E-state index is 0.0929. The number of urea groups is 1. The van der Waals surface area contributed by atoms with E-state index < -0.39 is 5.54 Å². The summed E-state index contributed by atoms with van der Waals surface area (Å²) in [6.07, 6.45) is 0. The number of amides is 2. The first-order valence-electron chi connectivity index (χ1n) is 8.18. The van der Waals surface area contributed by atoms with Crippen LogP contribution in [0.3, 0.4) is 0 Å². The third-order valence-electron chi connectivity index (χ3n) is 4.55. The fraction of sp³-hybridized carbons (Fsp3) is 0.632. The van der Waals surface area contributed by atoms with Crippen LogP contribution in [-0.2, 0) is 5.54 Å². The first kappa shape index (κ1) is 17.6. The van der Waals surface area contributed by atoms with E-state index in [9.17, 15) is 4.79 Å². The maximum absolute atomic E-state index is 13.2. The van der Waals surface area contributed by atoms with Gasteiger partial charge in [-0.1, -0.05) is 12.1 Å². The molecule has 1 heterocycles. The molecule has 4 heteroatoms. The van der Waals surface area contributed by atoms with Crippen LogP contribution >= 0.6 is 0 Å². The zero-order valence-electron chi connectivity index (χ0n) is 15.7. The van der Waals surface area contributed by atoms with Gasteiger partial charge >= 0.3 is 6.03 Å². The van der Waals surface area contributed by atoms with E-state index in [1.54, 1.807) is 7.11 Å². The van der Waals surface area contributed by atoms with Crippen LogP contribution in [0, 0.1) is 0 Å². The number of carbonyl (C=O) groups excluding carboxylic acids is 1. The number of hydrogen-bond donors (Lipinski definition) is 0. The summed E-state index contributed by atoms with van der Waals surface area (Å²) in [6, 6.07) is 8.14. The van der Waals surface area contributed by atoms with Crippen molar-refractivity contribution in [2.24, 2.45) is 0 Å². The maximum atomic E-state index is 13.2. The summed E-state index contributed by atoms with van der Waals surface area (Å²) < 4.78 is 5.38. The van der Waals surface area contributed by atoms with Gasteiger partial charge in [0.15, 0.2) is 0 Å². The van der Waals surface area contributed by atoms with Crippen LogP contribution in [0.4, 0.5) is 4.79 Å². The Morgan fingerprint density at radius 1 is 1.09 bits per heavy atom. The zero-order valence-corrected chi connectivity index (χ0v) is 15.7. The van der Waals surface area contributed by atoms with Gasteiger partial charge in [0.2, 0.25) is 0 Å². The first-order valence-corrected chi connectivity index (χ1v) is 8.18. The Hall–Kier alpha value is -1.71. The molecular weight excluding hydrogens is 288 g/mol. The van der Waals surface area contributed by atoms with Gasteiger partial charge in [-0.05, 0) is 66.2 Å². The predicted molar refractivity (Wildman–Crippen MR) is 93.8 cm³/mol. The lowest BCUT2D eigenvalue weighted by molar-refractivity contribution is 0.0875. The molecule has 1 aromatic carbocycles. The van der Waals surface area contributed by atoms with Crippen molar-refractivity contribution in [2.75, 3.05) is 13.7 Å². The fourth-order valence-electron chi connectivity index (χ4n) is 3.51. The Labute approximate surface area is 140 Å². The van der Waals surface area contributed by atoms with Crippen LogP contribution in [-0.4, -0.2) is 40.6 Å². The lowest BCUT2D eigenvalue weighted by Crippen LogP contribution is -2.53. The van der Waals surface area contributed by atoms with Crippen LogP contribution in [0.15, 0.2) is 24.3 Å². The molecule has 2 rings (SSSR count). The number of rotatable bonds is 2. The number of ether oxygens (including phenoxy) is 1. The molecule has 0 N–H and O–H groups in total. The van der Waals surface area contributed by atoms with Crippen molar-refractivity contribution < 1.29 is 9.53 Å². The van der Waals surface area contributed by atoms with Gasteiger partial charge in [0.1, 0.15) is 5.75 Å². The molecule has 1 fully saturated rings. The molecule has 1 aliphatic rings. The lowest BCUT2D eigenvalue weighted by atomic mass is 9.87. The van der Waals surface area contributed by atoms with Crippen molar-refractivity contribution in [3.63, 3.8) is 0 Å². The van der Waals surface area contributed by atoms with E-state index in [0.717, 1.165) is 11.3 Å². The highest BCUT2D eigenvalue weighted by Crippen LogP contribution is 2.43. The largest absolute Gasteiger partial charge is 0.497 e. The maximum Gasteiger partial charge on any atom is 0.321 e. The molecule has 4 nitrogen and oxygen atoms in total. The molecule has 1 unspecified atom stereocenters. The van der Waals surface area contributed by atoms with E-state index in [1.807, 2.05) is 28.0 Å². The van der Waals surface area contributed by atoms with Gasteiger partial charge < -0.3 is 14.5 Å². The van der Waals surface area contributed by atoms with Gasteiger partial charge in [0.25, 0.3) is 0 Å². The second-order valence-electron chi connectivity index (χ2n) is 8.55. The molecule has 1 aliphatic heterocycles. The number of hydrogen-bond acceptors (Lipinski definition) is 2. The van der Waals surface area contributed by atoms with Gasteiger partial charge in [-0.25, -0.2) is 4.79 Å². The average molecular weight is 318 g/mol. The van der Waals surface area contributed by atoms with E-state index in [-0.39, 0.29) is 17.1 Å². The molecule has 0 saturated carbocycles. The van der Waals surface area contributed by atoms with Crippen LogP contribution in [0.5, 0.6) is 5.75 Å². The van der Waals surface area contributed by atoms with Gasteiger partial charge in [0.05, 0.1) is 19.2 Å². The molecule has 0 radical (unpaired) electrons. The Kier molecular flexibility index (Phi) is 4.16. The van der Waals surface area contributed by atoms with E-state index in [1.165, 1.54) is 0 Å². The van der Waals surface area contributed by atoms with Crippen molar-refractivity contribution in [1.29, 1.82) is 0 Å². The van der Waals surface area contributed by atoms with E-state index >= 15 is 0 Å². The highest BCUT2D eigenvalue weighted by Gasteiger charge is 2.54. The normalized spacial score (nSPS) is 22.7. The Morgan fingerprint density at radius 2 is 1.70 bits per heavy atom. The molecule has 23 heavy (non-hydrogen) atoms. The SMILES string of the molecule is COc1cccc(C2(C)CN(C(C)(C)C)C(=O)N2C(C)(C)C)c1. The smallest absolute Gasteiger partial charge is 0.321 e. The molecule has 1 saturated heterocycles. The number of methoxy groups -OCH3 is 1. The molecule has 2 amide bonds. The summed E-state index contributed by atoms with van der Waals surface area (Å²) in [5, 5.41) is 0. The molecule has 1 aromatic rings. The Balaban J connectivity index is 2.58. The van der Waals surface area contributed by atoms with E-state index in [0.29, 0.717) is 6.54 Å². The number of benzene rings is 1. The highest BCUT2D eigenvalue weighted by molar-refractivity contribution is 5.80. The number of nitrogens with zero attached hydrogens (tertiary/aromatic N) is 2. The van der Waals surface area contributed by atoms with Gasteiger partial charge in [0, 0.05) is 11.1 Å². The predicted octanol–water partition coefficient (Wildman–Crippen LogP) is 4.25. The number of carbonyl (C=O) groups is 1. The molecule has 128 valence electrons. The van der Waals surface area contributed by atoms with E-state index in [2.05, 4.69) is 54.5 Å². The van der Waals surface area contributed by atoms with Gasteiger partial charge in [-0.15, -0.1) is 0 Å². The molecular formula is C19H30N2O2. The van der Waals surface area contributed by atoms with Crippen molar-refractivity contribution in [1.82, 2.24) is 9.80 Å². The summed E-state index contributed by atoms with van der Waals surface area (Å²) in [7, 11) is 1.67. The minimum Gasteiger partial charge on any atom is -0.497 e. The summed E-state index contributed by atoms with van der Waals surface area (Å²) >= 11 is 0. The first-order chi connectivity index (χ1) is 10.4. The standard InChI is InChI=1S/C19H30N2O2/c1-17(2,3)20-13-19(7,21(16(20)22)18(4,5)6)14-10-9-11-15(12-14)23-8/h9-12H,13H2,1-8H3. The molecule has 0 aliphatic carbocycles. The second-order valence-corrected chi connectivity index (χ2v) is 8.55. The third kappa shape index (κ3) is 3.04. The molecule has 0 spiro atoms. The highest BCUT2D eigenvalue weighted by atomic mass is 16.5. The Bertz CT molecular complexity index is 598. The molecule has 1 atom stereocenters. The minimum atomic E-state index is -0.392. The van der Waals surface area contributed by atoms with Crippen LogP contribution in [0.1, 0.15) is 54.0 Å². The van der Waals surface area contributed by atoms with Crippen LogP contribution in [0.25, 0.3) is 0 Å². The van der Waals surface area contributed by atoms with E-state index in [4.69, 9.17) is 4.74 Å². The summed E-state index contributed by atoms with van der Waals surface area (Å²) in [6.45, 7) is 15.4. The monoisotopic (exact) mass is 318 g/mol. The topological polar surface area (TPSA) is 32.8 Å². The summed E-state index contributed by atoms with van der Waals surface area (Å²) in [5.41, 5.74) is 0.232. The molecule has 0 aromatic heterocycles. The third-order valence-corrected chi connectivity index (χ3v) is 4.55. The van der Waals surface area contributed by atoms with Crippen molar-refractivity contribution in [3.8, 4) is 5.75 Å².